The van der Waals surface area contributed by atoms with Crippen LogP contribution < -0.4 is 0 Å². The van der Waals surface area contributed by atoms with Crippen LogP contribution in [0.2, 0.25) is 0 Å². The van der Waals surface area contributed by atoms with Gasteiger partial charge < -0.3 is 9.80 Å². The number of fused-ring (bicyclic) bond motifs is 1. The van der Waals surface area contributed by atoms with Crippen LogP contribution in [0.25, 0.3) is 5.70 Å². The van der Waals surface area contributed by atoms with Crippen LogP contribution in [-0.2, 0) is 9.84 Å². The number of carbonyl (C=O) groups is 1. The molecule has 25 heavy (non-hydrogen) atoms. The highest BCUT2D eigenvalue weighted by atomic mass is 32.2. The molecule has 1 saturated heterocycles. The number of hydrogen-bond donors (Lipinski definition) is 0. The number of hydrogen-bond acceptors (Lipinski definition) is 4. The molecule has 0 N–H and O–H groups in total. The van der Waals surface area contributed by atoms with E-state index < -0.39 is 9.84 Å². The summed E-state index contributed by atoms with van der Waals surface area (Å²) in [4.78, 5) is 16.8. The zero-order valence-corrected chi connectivity index (χ0v) is 14.4. The molecule has 4 rings (SSSR count). The second-order valence-electron chi connectivity index (χ2n) is 6.19. The monoisotopic (exact) mass is 354 g/mol. The smallest absolute Gasteiger partial charge is 0.253 e. The molecule has 5 nitrogen and oxygen atoms in total. The Morgan fingerprint density at radius 3 is 2.20 bits per heavy atom. The Labute approximate surface area is 147 Å². The molecular formula is C19H18N2O3S. The highest BCUT2D eigenvalue weighted by Crippen LogP contribution is 2.35. The summed E-state index contributed by atoms with van der Waals surface area (Å²) in [7, 11) is -3.36. The molecule has 6 heteroatoms. The fourth-order valence-corrected chi connectivity index (χ4v) is 4.80. The fourth-order valence-electron chi connectivity index (χ4n) is 3.36. The largest absolute Gasteiger partial charge is 0.367 e. The molecule has 0 saturated carbocycles. The van der Waals surface area contributed by atoms with Crippen molar-refractivity contribution >= 4 is 21.4 Å². The Morgan fingerprint density at radius 2 is 1.48 bits per heavy atom. The van der Waals surface area contributed by atoms with Crippen molar-refractivity contribution in [1.29, 1.82) is 0 Å². The summed E-state index contributed by atoms with van der Waals surface area (Å²) in [6.07, 6.45) is 0. The molecule has 2 heterocycles. The lowest BCUT2D eigenvalue weighted by Gasteiger charge is -2.36. The van der Waals surface area contributed by atoms with Gasteiger partial charge in [0, 0.05) is 37.3 Å². The predicted octanol–water partition coefficient (Wildman–Crippen LogP) is 2.23. The van der Waals surface area contributed by atoms with Crippen LogP contribution in [0.3, 0.4) is 0 Å². The van der Waals surface area contributed by atoms with Crippen LogP contribution in [0.4, 0.5) is 0 Å². The summed E-state index contributed by atoms with van der Waals surface area (Å²) in [6.45, 7) is 2.39. The molecule has 0 unspecified atom stereocenters. The molecule has 0 atom stereocenters. The van der Waals surface area contributed by atoms with Gasteiger partial charge in [-0.15, -0.1) is 0 Å². The highest BCUT2D eigenvalue weighted by Gasteiger charge is 2.31. The van der Waals surface area contributed by atoms with E-state index in [1.165, 1.54) is 5.41 Å². The van der Waals surface area contributed by atoms with Gasteiger partial charge in [0.2, 0.25) is 9.84 Å². The first-order valence-corrected chi connectivity index (χ1v) is 9.76. The summed E-state index contributed by atoms with van der Waals surface area (Å²) in [5, 5.41) is 1.35. The molecule has 0 aromatic heterocycles. The molecule has 128 valence electrons. The molecule has 0 radical (unpaired) electrons. The third-order valence-electron chi connectivity index (χ3n) is 4.66. The van der Waals surface area contributed by atoms with Gasteiger partial charge in [0.05, 0.1) is 16.0 Å². The van der Waals surface area contributed by atoms with Crippen molar-refractivity contribution in [3.8, 4) is 0 Å². The van der Waals surface area contributed by atoms with Gasteiger partial charge in [0.1, 0.15) is 0 Å². The normalized spacial score (nSPS) is 18.6. The third kappa shape index (κ3) is 2.82. The van der Waals surface area contributed by atoms with Crippen LogP contribution in [0.5, 0.6) is 0 Å². The first-order valence-electron chi connectivity index (χ1n) is 8.22. The van der Waals surface area contributed by atoms with Crippen molar-refractivity contribution in [2.24, 2.45) is 0 Å². The molecule has 2 aliphatic rings. The Balaban J connectivity index is 1.51. The molecular weight excluding hydrogens is 336 g/mol. The van der Waals surface area contributed by atoms with Gasteiger partial charge in [-0.05, 0) is 18.2 Å². The summed E-state index contributed by atoms with van der Waals surface area (Å²) in [5.74, 6) is 0.0219. The lowest BCUT2D eigenvalue weighted by atomic mass is 10.1. The molecule has 0 aliphatic carbocycles. The van der Waals surface area contributed by atoms with Crippen molar-refractivity contribution in [3.05, 3.63) is 71.1 Å². The van der Waals surface area contributed by atoms with E-state index in [-0.39, 0.29) is 5.91 Å². The van der Waals surface area contributed by atoms with Gasteiger partial charge in [-0.25, -0.2) is 8.42 Å². The van der Waals surface area contributed by atoms with E-state index in [0.29, 0.717) is 36.6 Å². The molecule has 1 fully saturated rings. The Hall–Kier alpha value is -2.60. The summed E-state index contributed by atoms with van der Waals surface area (Å²) < 4.78 is 24.6. The lowest BCUT2D eigenvalue weighted by molar-refractivity contribution is 0.0686. The van der Waals surface area contributed by atoms with Gasteiger partial charge in [0.15, 0.2) is 0 Å². The van der Waals surface area contributed by atoms with E-state index in [2.05, 4.69) is 4.90 Å². The van der Waals surface area contributed by atoms with Crippen molar-refractivity contribution in [2.45, 2.75) is 4.90 Å². The average Bonchev–Trinajstić information content (AvgIpc) is 2.94. The summed E-state index contributed by atoms with van der Waals surface area (Å²) in [5.41, 5.74) is 2.18. The number of nitrogens with zero attached hydrogens (tertiary/aromatic N) is 2. The maximum atomic E-state index is 12.5. The quantitative estimate of drug-likeness (QED) is 0.830. The third-order valence-corrected chi connectivity index (χ3v) is 6.17. The Bertz CT molecular complexity index is 944. The van der Waals surface area contributed by atoms with Crippen LogP contribution >= 0.6 is 0 Å². The zero-order chi connectivity index (χ0) is 17.4. The molecule has 0 bridgehead atoms. The minimum absolute atomic E-state index is 0.0219. The average molecular weight is 354 g/mol. The van der Waals surface area contributed by atoms with Crippen LogP contribution in [0.1, 0.15) is 15.9 Å². The van der Waals surface area contributed by atoms with E-state index >= 15 is 0 Å². The number of sulfone groups is 1. The fraction of sp³-hybridized carbons (Fsp3) is 0.211. The van der Waals surface area contributed by atoms with Crippen LogP contribution in [0, 0.1) is 0 Å². The Morgan fingerprint density at radius 1 is 0.840 bits per heavy atom. The zero-order valence-electron chi connectivity index (χ0n) is 13.6. The SMILES string of the molecule is O=C(c1ccccc1)N1CCN(C2=CS(=O)(=O)c3ccccc32)CC1. The van der Waals surface area contributed by atoms with Gasteiger partial charge >= 0.3 is 0 Å². The van der Waals surface area contributed by atoms with Crippen molar-refractivity contribution in [3.63, 3.8) is 0 Å². The van der Waals surface area contributed by atoms with Gasteiger partial charge in [-0.2, -0.15) is 0 Å². The summed E-state index contributed by atoms with van der Waals surface area (Å²) in [6, 6.07) is 16.3. The van der Waals surface area contributed by atoms with E-state index in [4.69, 9.17) is 0 Å². The van der Waals surface area contributed by atoms with Crippen molar-refractivity contribution in [2.75, 3.05) is 26.2 Å². The number of rotatable bonds is 2. The van der Waals surface area contributed by atoms with E-state index in [1.807, 2.05) is 47.4 Å². The van der Waals surface area contributed by atoms with Crippen LogP contribution in [-0.4, -0.2) is 50.3 Å². The molecule has 2 aromatic carbocycles. The van der Waals surface area contributed by atoms with Crippen molar-refractivity contribution in [1.82, 2.24) is 9.80 Å². The molecule has 0 spiro atoms. The Kier molecular flexibility index (Phi) is 3.84. The maximum Gasteiger partial charge on any atom is 0.253 e. The van der Waals surface area contributed by atoms with E-state index in [9.17, 15) is 13.2 Å². The van der Waals surface area contributed by atoms with Gasteiger partial charge in [-0.1, -0.05) is 36.4 Å². The van der Waals surface area contributed by atoms with Gasteiger partial charge in [0.25, 0.3) is 5.91 Å². The second-order valence-corrected chi connectivity index (χ2v) is 7.96. The topological polar surface area (TPSA) is 57.7 Å². The van der Waals surface area contributed by atoms with Crippen LogP contribution in [0.15, 0.2) is 64.9 Å². The first kappa shape index (κ1) is 15.9. The summed E-state index contributed by atoms with van der Waals surface area (Å²) >= 11 is 0. The predicted molar refractivity (Wildman–Crippen MR) is 95.5 cm³/mol. The molecule has 1 amide bonds. The number of amides is 1. The minimum atomic E-state index is -3.36. The number of benzene rings is 2. The second kappa shape index (κ2) is 6.04. The van der Waals surface area contributed by atoms with E-state index in [1.54, 1.807) is 12.1 Å². The highest BCUT2D eigenvalue weighted by molar-refractivity contribution is 7.94. The first-order chi connectivity index (χ1) is 12.1. The van der Waals surface area contributed by atoms with E-state index in [0.717, 1.165) is 11.3 Å². The maximum absolute atomic E-state index is 12.5. The number of carbonyl (C=O) groups excluding carboxylic acids is 1. The molecule has 2 aromatic rings. The minimum Gasteiger partial charge on any atom is -0.367 e. The standard InChI is InChI=1S/C19H18N2O3S/c22-19(15-6-2-1-3-7-15)21-12-10-20(11-13-21)17-14-25(23,24)18-9-5-4-8-16(17)18/h1-9,14H,10-13H2. The lowest BCUT2D eigenvalue weighted by Crippen LogP contribution is -2.47. The molecule has 2 aliphatic heterocycles. The number of piperazine rings is 1. The van der Waals surface area contributed by atoms with Gasteiger partial charge in [-0.3, -0.25) is 4.79 Å². The van der Waals surface area contributed by atoms with Crippen molar-refractivity contribution < 1.29 is 13.2 Å².